The molecule has 3 rings (SSSR count). The summed E-state index contributed by atoms with van der Waals surface area (Å²) in [5.74, 6) is -0.448. The van der Waals surface area contributed by atoms with Gasteiger partial charge >= 0.3 is 0 Å². The standard InChI is InChI=1S/C19H20FN3O/c1-23(2)18(14-7-5-8-15(20)10-14)12-21-19(24)17-11-13-6-3-4-9-16(13)22-17/h3-11,18,22H,12H2,1-2H3,(H,21,24). The summed E-state index contributed by atoms with van der Waals surface area (Å²) >= 11 is 0. The second-order valence-corrected chi connectivity index (χ2v) is 6.01. The molecule has 0 aliphatic carbocycles. The van der Waals surface area contributed by atoms with Gasteiger partial charge in [0, 0.05) is 17.4 Å². The number of carbonyl (C=O) groups excluding carboxylic acids is 1. The summed E-state index contributed by atoms with van der Waals surface area (Å²) in [6.45, 7) is 0.394. The van der Waals surface area contributed by atoms with Crippen LogP contribution in [0.4, 0.5) is 4.39 Å². The van der Waals surface area contributed by atoms with Crippen LogP contribution in [0.15, 0.2) is 54.6 Å². The molecule has 2 N–H and O–H groups in total. The van der Waals surface area contributed by atoms with Crippen molar-refractivity contribution in [1.29, 1.82) is 0 Å². The highest BCUT2D eigenvalue weighted by molar-refractivity contribution is 5.97. The van der Waals surface area contributed by atoms with Crippen LogP contribution in [0.3, 0.4) is 0 Å². The van der Waals surface area contributed by atoms with Gasteiger partial charge in [-0.05, 0) is 43.9 Å². The fourth-order valence-corrected chi connectivity index (χ4v) is 2.79. The van der Waals surface area contributed by atoms with Gasteiger partial charge in [-0.15, -0.1) is 0 Å². The Labute approximate surface area is 140 Å². The highest BCUT2D eigenvalue weighted by atomic mass is 19.1. The fourth-order valence-electron chi connectivity index (χ4n) is 2.79. The number of H-pyrrole nitrogens is 1. The molecule has 1 heterocycles. The van der Waals surface area contributed by atoms with E-state index in [4.69, 9.17) is 0 Å². The van der Waals surface area contributed by atoms with Gasteiger partial charge in [0.25, 0.3) is 5.91 Å². The van der Waals surface area contributed by atoms with Crippen molar-refractivity contribution in [3.05, 3.63) is 71.7 Å². The lowest BCUT2D eigenvalue weighted by molar-refractivity contribution is 0.0937. The lowest BCUT2D eigenvalue weighted by atomic mass is 10.1. The Hall–Kier alpha value is -2.66. The first-order chi connectivity index (χ1) is 11.5. The molecule has 1 atom stereocenters. The average molecular weight is 325 g/mol. The van der Waals surface area contributed by atoms with E-state index in [-0.39, 0.29) is 17.8 Å². The van der Waals surface area contributed by atoms with Crippen molar-refractivity contribution in [3.63, 3.8) is 0 Å². The van der Waals surface area contributed by atoms with E-state index in [1.165, 1.54) is 12.1 Å². The minimum absolute atomic E-state index is 0.103. The molecule has 0 saturated heterocycles. The molecule has 1 aromatic heterocycles. The van der Waals surface area contributed by atoms with E-state index in [0.717, 1.165) is 16.5 Å². The zero-order valence-electron chi connectivity index (χ0n) is 13.7. The molecule has 4 nitrogen and oxygen atoms in total. The first kappa shape index (κ1) is 16.2. The van der Waals surface area contributed by atoms with Crippen LogP contribution in [0.2, 0.25) is 0 Å². The van der Waals surface area contributed by atoms with Gasteiger partial charge in [-0.2, -0.15) is 0 Å². The summed E-state index contributed by atoms with van der Waals surface area (Å²) in [5.41, 5.74) is 2.28. The Bertz CT molecular complexity index is 823. The second-order valence-electron chi connectivity index (χ2n) is 6.01. The van der Waals surface area contributed by atoms with Gasteiger partial charge in [0.05, 0.1) is 6.04 Å². The summed E-state index contributed by atoms with van der Waals surface area (Å²) in [6.07, 6.45) is 0. The number of nitrogens with one attached hydrogen (secondary N) is 2. The Balaban J connectivity index is 1.73. The van der Waals surface area contributed by atoms with E-state index in [1.807, 2.05) is 55.4 Å². The molecule has 0 radical (unpaired) electrons. The number of halogens is 1. The molecule has 0 aliphatic heterocycles. The molecule has 2 aromatic carbocycles. The summed E-state index contributed by atoms with van der Waals surface area (Å²) < 4.78 is 13.5. The second kappa shape index (κ2) is 6.84. The predicted octanol–water partition coefficient (Wildman–Crippen LogP) is 3.34. The molecule has 1 amide bonds. The molecule has 24 heavy (non-hydrogen) atoms. The number of aromatic nitrogens is 1. The van der Waals surface area contributed by atoms with E-state index in [2.05, 4.69) is 10.3 Å². The summed E-state index contributed by atoms with van der Waals surface area (Å²) in [6, 6.07) is 15.9. The Morgan fingerprint density at radius 1 is 1.17 bits per heavy atom. The fraction of sp³-hybridized carbons (Fsp3) is 0.211. The molecule has 0 saturated carbocycles. The van der Waals surface area contributed by atoms with Crippen molar-refractivity contribution in [1.82, 2.24) is 15.2 Å². The van der Waals surface area contributed by atoms with Crippen LogP contribution < -0.4 is 5.32 Å². The number of para-hydroxylation sites is 1. The van der Waals surface area contributed by atoms with Crippen LogP contribution in [0.1, 0.15) is 22.1 Å². The molecule has 0 bridgehead atoms. The minimum atomic E-state index is -0.277. The first-order valence-corrected chi connectivity index (χ1v) is 7.82. The van der Waals surface area contributed by atoms with Crippen LogP contribution in [0, 0.1) is 5.82 Å². The van der Waals surface area contributed by atoms with Gasteiger partial charge < -0.3 is 15.2 Å². The molecule has 0 aliphatic rings. The summed E-state index contributed by atoms with van der Waals surface area (Å²) in [7, 11) is 3.81. The largest absolute Gasteiger partial charge is 0.351 e. The molecule has 1 unspecified atom stereocenters. The van der Waals surface area contributed by atoms with Crippen LogP contribution >= 0.6 is 0 Å². The number of hydrogen-bond acceptors (Lipinski definition) is 2. The van der Waals surface area contributed by atoms with Crippen LogP contribution in [-0.4, -0.2) is 36.4 Å². The molecule has 0 spiro atoms. The molecule has 5 heteroatoms. The number of carbonyl (C=O) groups is 1. The average Bonchev–Trinajstić information content (AvgIpc) is 2.99. The minimum Gasteiger partial charge on any atom is -0.351 e. The molecule has 124 valence electrons. The van der Waals surface area contributed by atoms with Gasteiger partial charge in [0.2, 0.25) is 0 Å². The number of nitrogens with zero attached hydrogens (tertiary/aromatic N) is 1. The van der Waals surface area contributed by atoms with Gasteiger partial charge in [-0.3, -0.25) is 4.79 Å². The quantitative estimate of drug-likeness (QED) is 0.756. The van der Waals surface area contributed by atoms with E-state index in [1.54, 1.807) is 6.07 Å². The van der Waals surface area contributed by atoms with Crippen molar-refractivity contribution < 1.29 is 9.18 Å². The van der Waals surface area contributed by atoms with E-state index < -0.39 is 0 Å². The highest BCUT2D eigenvalue weighted by Crippen LogP contribution is 2.19. The van der Waals surface area contributed by atoms with E-state index in [0.29, 0.717) is 12.2 Å². The van der Waals surface area contributed by atoms with Crippen LogP contribution in [0.5, 0.6) is 0 Å². The van der Waals surface area contributed by atoms with E-state index in [9.17, 15) is 9.18 Å². The maximum atomic E-state index is 13.5. The Morgan fingerprint density at radius 3 is 2.67 bits per heavy atom. The third kappa shape index (κ3) is 3.46. The topological polar surface area (TPSA) is 48.1 Å². The number of hydrogen-bond donors (Lipinski definition) is 2. The van der Waals surface area contributed by atoms with Crippen molar-refractivity contribution in [3.8, 4) is 0 Å². The maximum Gasteiger partial charge on any atom is 0.267 e. The smallest absolute Gasteiger partial charge is 0.267 e. The lowest BCUT2D eigenvalue weighted by Crippen LogP contribution is -2.34. The van der Waals surface area contributed by atoms with Gasteiger partial charge in [0.1, 0.15) is 11.5 Å². The molecular weight excluding hydrogens is 305 g/mol. The number of rotatable bonds is 5. The third-order valence-electron chi connectivity index (χ3n) is 4.09. The summed E-state index contributed by atoms with van der Waals surface area (Å²) in [5, 5.41) is 3.92. The van der Waals surface area contributed by atoms with Gasteiger partial charge in [-0.1, -0.05) is 30.3 Å². The van der Waals surface area contributed by atoms with Crippen molar-refractivity contribution in [2.24, 2.45) is 0 Å². The lowest BCUT2D eigenvalue weighted by Gasteiger charge is -2.25. The van der Waals surface area contributed by atoms with Crippen LogP contribution in [0.25, 0.3) is 10.9 Å². The third-order valence-corrected chi connectivity index (χ3v) is 4.09. The monoisotopic (exact) mass is 325 g/mol. The predicted molar refractivity (Wildman–Crippen MR) is 93.5 cm³/mol. The Kier molecular flexibility index (Phi) is 4.62. The molecule has 0 fully saturated rings. The van der Waals surface area contributed by atoms with Crippen molar-refractivity contribution in [2.45, 2.75) is 6.04 Å². The Morgan fingerprint density at radius 2 is 1.96 bits per heavy atom. The SMILES string of the molecule is CN(C)C(CNC(=O)c1cc2ccccc2[nH]1)c1cccc(F)c1. The maximum absolute atomic E-state index is 13.5. The molecular formula is C19H20FN3O. The van der Waals surface area contributed by atoms with Gasteiger partial charge in [0.15, 0.2) is 0 Å². The molecule has 3 aromatic rings. The normalized spacial score (nSPS) is 12.5. The van der Waals surface area contributed by atoms with Crippen LogP contribution in [-0.2, 0) is 0 Å². The van der Waals surface area contributed by atoms with Gasteiger partial charge in [-0.25, -0.2) is 4.39 Å². The number of fused-ring (bicyclic) bond motifs is 1. The number of benzene rings is 2. The summed E-state index contributed by atoms with van der Waals surface area (Å²) in [4.78, 5) is 17.5. The number of aromatic amines is 1. The van der Waals surface area contributed by atoms with Crippen molar-refractivity contribution >= 4 is 16.8 Å². The number of amides is 1. The van der Waals surface area contributed by atoms with E-state index >= 15 is 0 Å². The zero-order valence-corrected chi connectivity index (χ0v) is 13.7. The zero-order chi connectivity index (χ0) is 17.1. The first-order valence-electron chi connectivity index (χ1n) is 7.82. The number of likely N-dealkylation sites (N-methyl/N-ethyl adjacent to an activating group) is 1. The highest BCUT2D eigenvalue weighted by Gasteiger charge is 2.17. The van der Waals surface area contributed by atoms with Crippen molar-refractivity contribution in [2.75, 3.05) is 20.6 Å².